The van der Waals surface area contributed by atoms with E-state index in [1.54, 1.807) is 19.1 Å². The molecule has 1 fully saturated rings. The van der Waals surface area contributed by atoms with Crippen LogP contribution in [0.5, 0.6) is 5.75 Å². The molecule has 2 aromatic rings. The smallest absolute Gasteiger partial charge is 0.322 e. The van der Waals surface area contributed by atoms with E-state index in [0.717, 1.165) is 49.2 Å². The zero-order chi connectivity index (χ0) is 20.8. The molecule has 0 spiro atoms. The predicted octanol–water partition coefficient (Wildman–Crippen LogP) is 4.83. The van der Waals surface area contributed by atoms with Gasteiger partial charge >= 0.3 is 6.03 Å². The van der Waals surface area contributed by atoms with E-state index in [2.05, 4.69) is 5.32 Å². The molecular weight excluding hydrogens is 366 g/mol. The van der Waals surface area contributed by atoms with Gasteiger partial charge in [-0.25, -0.2) is 4.79 Å². The number of benzene rings is 2. The van der Waals surface area contributed by atoms with Crippen LogP contribution in [0.1, 0.15) is 44.2 Å². The SMILES string of the molecule is COc1ccc(C2CCCCCN2C(=O)Nc2ccc(N(C)C(C)=O)cc2)cc1. The van der Waals surface area contributed by atoms with Crippen molar-refractivity contribution < 1.29 is 14.3 Å². The lowest BCUT2D eigenvalue weighted by atomic mass is 10.0. The third-order valence-electron chi connectivity index (χ3n) is 5.49. The largest absolute Gasteiger partial charge is 0.497 e. The third-order valence-corrected chi connectivity index (χ3v) is 5.49. The number of likely N-dealkylation sites (tertiary alicyclic amines) is 1. The van der Waals surface area contributed by atoms with Gasteiger partial charge < -0.3 is 19.9 Å². The minimum atomic E-state index is -0.0969. The Morgan fingerprint density at radius 1 is 1.03 bits per heavy atom. The number of amides is 3. The van der Waals surface area contributed by atoms with E-state index in [4.69, 9.17) is 4.74 Å². The number of urea groups is 1. The molecule has 29 heavy (non-hydrogen) atoms. The Labute approximate surface area is 172 Å². The lowest BCUT2D eigenvalue weighted by molar-refractivity contribution is -0.116. The summed E-state index contributed by atoms with van der Waals surface area (Å²) in [7, 11) is 3.38. The van der Waals surface area contributed by atoms with Crippen LogP contribution in [-0.2, 0) is 4.79 Å². The highest BCUT2D eigenvalue weighted by atomic mass is 16.5. The van der Waals surface area contributed by atoms with Gasteiger partial charge in [0.15, 0.2) is 0 Å². The van der Waals surface area contributed by atoms with Crippen molar-refractivity contribution in [3.63, 3.8) is 0 Å². The molecule has 0 aromatic heterocycles. The number of carbonyl (C=O) groups is 2. The Bertz CT molecular complexity index is 833. The number of carbonyl (C=O) groups excluding carboxylic acids is 2. The summed E-state index contributed by atoms with van der Waals surface area (Å²) in [5.74, 6) is 0.780. The summed E-state index contributed by atoms with van der Waals surface area (Å²) in [4.78, 5) is 28.1. The van der Waals surface area contributed by atoms with Gasteiger partial charge in [-0.15, -0.1) is 0 Å². The van der Waals surface area contributed by atoms with Crippen molar-refractivity contribution in [2.45, 2.75) is 38.6 Å². The number of methoxy groups -OCH3 is 1. The van der Waals surface area contributed by atoms with Gasteiger partial charge in [-0.3, -0.25) is 4.79 Å². The average molecular weight is 396 g/mol. The summed E-state index contributed by atoms with van der Waals surface area (Å²) in [6.45, 7) is 2.25. The highest BCUT2D eigenvalue weighted by molar-refractivity contribution is 5.92. The summed E-state index contributed by atoms with van der Waals surface area (Å²) < 4.78 is 5.26. The maximum Gasteiger partial charge on any atom is 0.322 e. The molecule has 6 heteroatoms. The van der Waals surface area contributed by atoms with E-state index in [-0.39, 0.29) is 18.0 Å². The van der Waals surface area contributed by atoms with E-state index >= 15 is 0 Å². The Balaban J connectivity index is 1.74. The number of hydrogen-bond donors (Lipinski definition) is 1. The Kier molecular flexibility index (Phi) is 6.75. The fraction of sp³-hybridized carbons (Fsp3) is 0.391. The standard InChI is InChI=1S/C23H29N3O3/c1-17(27)25(2)20-12-10-19(11-13-20)24-23(28)26-16-6-4-5-7-22(26)18-8-14-21(29-3)15-9-18/h8-15,22H,4-7,16H2,1-3H3,(H,24,28). The summed E-state index contributed by atoms with van der Waals surface area (Å²) in [5.41, 5.74) is 2.64. The molecule has 3 rings (SSSR count). The number of nitrogens with one attached hydrogen (secondary N) is 1. The van der Waals surface area contributed by atoms with Gasteiger partial charge in [-0.05, 0) is 54.8 Å². The predicted molar refractivity (Wildman–Crippen MR) is 115 cm³/mol. The first kappa shape index (κ1) is 20.7. The molecule has 1 unspecified atom stereocenters. The molecule has 1 aliphatic rings. The molecule has 1 aliphatic heterocycles. The number of anilines is 2. The Morgan fingerprint density at radius 2 is 1.72 bits per heavy atom. The van der Waals surface area contributed by atoms with Crippen molar-refractivity contribution in [2.75, 3.05) is 30.9 Å². The summed E-state index contributed by atoms with van der Waals surface area (Å²) in [5, 5.41) is 3.02. The second-order valence-corrected chi connectivity index (χ2v) is 7.39. The lowest BCUT2D eigenvalue weighted by Gasteiger charge is -2.30. The molecule has 154 valence electrons. The fourth-order valence-electron chi connectivity index (χ4n) is 3.67. The van der Waals surface area contributed by atoms with E-state index in [1.165, 1.54) is 6.92 Å². The van der Waals surface area contributed by atoms with Crippen molar-refractivity contribution in [1.29, 1.82) is 0 Å². The van der Waals surface area contributed by atoms with Gasteiger partial charge in [0.1, 0.15) is 5.75 Å². The average Bonchev–Trinajstić information content (AvgIpc) is 3.00. The Morgan fingerprint density at radius 3 is 2.34 bits per heavy atom. The van der Waals surface area contributed by atoms with Crippen LogP contribution in [0.15, 0.2) is 48.5 Å². The summed E-state index contributed by atoms with van der Waals surface area (Å²) in [6.07, 6.45) is 4.18. The minimum Gasteiger partial charge on any atom is -0.497 e. The van der Waals surface area contributed by atoms with Gasteiger partial charge in [0.25, 0.3) is 0 Å². The van der Waals surface area contributed by atoms with E-state index in [9.17, 15) is 9.59 Å². The quantitative estimate of drug-likeness (QED) is 0.807. The van der Waals surface area contributed by atoms with Crippen LogP contribution in [-0.4, -0.2) is 37.5 Å². The molecular formula is C23H29N3O3. The minimum absolute atomic E-state index is 0.0336. The van der Waals surface area contributed by atoms with Crippen LogP contribution in [0, 0.1) is 0 Å². The first-order valence-corrected chi connectivity index (χ1v) is 10.1. The monoisotopic (exact) mass is 395 g/mol. The van der Waals surface area contributed by atoms with Crippen LogP contribution >= 0.6 is 0 Å². The molecule has 3 amide bonds. The van der Waals surface area contributed by atoms with Crippen LogP contribution < -0.4 is 15.0 Å². The number of rotatable bonds is 4. The van der Waals surface area contributed by atoms with Gasteiger partial charge in [0, 0.05) is 31.9 Å². The molecule has 1 N–H and O–H groups in total. The van der Waals surface area contributed by atoms with Crippen LogP contribution in [0.3, 0.4) is 0 Å². The normalized spacial score (nSPS) is 16.7. The number of nitrogens with zero attached hydrogens (tertiary/aromatic N) is 2. The van der Waals surface area contributed by atoms with Crippen LogP contribution in [0.4, 0.5) is 16.2 Å². The van der Waals surface area contributed by atoms with Gasteiger partial charge in [-0.2, -0.15) is 0 Å². The van der Waals surface area contributed by atoms with Crippen molar-refractivity contribution in [2.24, 2.45) is 0 Å². The van der Waals surface area contributed by atoms with Crippen molar-refractivity contribution in [3.05, 3.63) is 54.1 Å². The molecule has 0 bridgehead atoms. The zero-order valence-electron chi connectivity index (χ0n) is 17.4. The van der Waals surface area contributed by atoms with Crippen LogP contribution in [0.2, 0.25) is 0 Å². The van der Waals surface area contributed by atoms with Crippen molar-refractivity contribution >= 4 is 23.3 Å². The fourth-order valence-corrected chi connectivity index (χ4v) is 3.67. The van der Waals surface area contributed by atoms with Gasteiger partial charge in [-0.1, -0.05) is 25.0 Å². The summed E-state index contributed by atoms with van der Waals surface area (Å²) >= 11 is 0. The topological polar surface area (TPSA) is 61.9 Å². The first-order chi connectivity index (χ1) is 14.0. The summed E-state index contributed by atoms with van der Waals surface area (Å²) in [6, 6.07) is 15.2. The molecule has 0 radical (unpaired) electrons. The van der Waals surface area contributed by atoms with E-state index in [0.29, 0.717) is 5.69 Å². The lowest BCUT2D eigenvalue weighted by Crippen LogP contribution is -2.38. The molecule has 6 nitrogen and oxygen atoms in total. The highest BCUT2D eigenvalue weighted by Crippen LogP contribution is 2.31. The van der Waals surface area contributed by atoms with E-state index < -0.39 is 0 Å². The molecule has 0 saturated carbocycles. The molecule has 1 saturated heterocycles. The molecule has 1 heterocycles. The number of hydrogen-bond acceptors (Lipinski definition) is 3. The van der Waals surface area contributed by atoms with Crippen molar-refractivity contribution in [3.8, 4) is 5.75 Å². The number of ether oxygens (including phenoxy) is 1. The van der Waals surface area contributed by atoms with E-state index in [1.807, 2.05) is 53.4 Å². The van der Waals surface area contributed by atoms with Crippen LogP contribution in [0.25, 0.3) is 0 Å². The van der Waals surface area contributed by atoms with Gasteiger partial charge in [0.2, 0.25) is 5.91 Å². The molecule has 2 aromatic carbocycles. The molecule has 0 aliphatic carbocycles. The first-order valence-electron chi connectivity index (χ1n) is 10.1. The zero-order valence-corrected chi connectivity index (χ0v) is 17.4. The highest BCUT2D eigenvalue weighted by Gasteiger charge is 2.27. The second kappa shape index (κ2) is 9.45. The maximum atomic E-state index is 13.1. The van der Waals surface area contributed by atoms with Gasteiger partial charge in [0.05, 0.1) is 13.2 Å². The third kappa shape index (κ3) is 5.08. The second-order valence-electron chi connectivity index (χ2n) is 7.39. The van der Waals surface area contributed by atoms with Crippen molar-refractivity contribution in [1.82, 2.24) is 4.90 Å². The molecule has 1 atom stereocenters. The maximum absolute atomic E-state index is 13.1. The Hall–Kier alpha value is -3.02.